The number of fused-ring (bicyclic) bond motifs is 1. The lowest BCUT2D eigenvalue weighted by atomic mass is 10.1. The summed E-state index contributed by atoms with van der Waals surface area (Å²) in [5.74, 6) is 0.922. The Morgan fingerprint density at radius 2 is 2.32 bits per heavy atom. The summed E-state index contributed by atoms with van der Waals surface area (Å²) >= 11 is 0. The number of amides is 2. The molecule has 1 aromatic carbocycles. The first-order chi connectivity index (χ1) is 9.31. The Labute approximate surface area is 112 Å². The number of carbonyl (C=O) groups excluding carboxylic acids is 1. The quantitative estimate of drug-likeness (QED) is 0.875. The van der Waals surface area contributed by atoms with Crippen LogP contribution in [0.4, 0.5) is 10.5 Å². The van der Waals surface area contributed by atoms with E-state index in [1.165, 1.54) is 0 Å². The van der Waals surface area contributed by atoms with Gasteiger partial charge in [0.25, 0.3) is 0 Å². The standard InChI is InChI=1S/C14H18N2O3/c17-14(15-9-12-2-1-6-18-12)16-11-3-4-13-10(8-11)5-7-19-13/h3-4,8,12H,1-2,5-7,9H2,(H2,15,16,17). The Morgan fingerprint density at radius 3 is 3.16 bits per heavy atom. The largest absolute Gasteiger partial charge is 0.493 e. The van der Waals surface area contributed by atoms with Crippen LogP contribution in [0.1, 0.15) is 18.4 Å². The van der Waals surface area contributed by atoms with Crippen LogP contribution in [0.3, 0.4) is 0 Å². The number of ether oxygens (including phenoxy) is 2. The van der Waals surface area contributed by atoms with Crippen LogP contribution in [-0.2, 0) is 11.2 Å². The molecule has 3 rings (SSSR count). The van der Waals surface area contributed by atoms with Gasteiger partial charge in [0.1, 0.15) is 5.75 Å². The van der Waals surface area contributed by atoms with Crippen molar-refractivity contribution in [2.75, 3.05) is 25.1 Å². The molecular weight excluding hydrogens is 244 g/mol. The minimum atomic E-state index is -0.186. The maximum Gasteiger partial charge on any atom is 0.319 e. The fraction of sp³-hybridized carbons (Fsp3) is 0.500. The van der Waals surface area contributed by atoms with E-state index < -0.39 is 0 Å². The summed E-state index contributed by atoms with van der Waals surface area (Å²) in [6, 6.07) is 5.54. The van der Waals surface area contributed by atoms with Gasteiger partial charge in [0.05, 0.1) is 12.7 Å². The van der Waals surface area contributed by atoms with Gasteiger partial charge < -0.3 is 20.1 Å². The normalized spacial score (nSPS) is 20.7. The van der Waals surface area contributed by atoms with Crippen molar-refractivity contribution in [2.45, 2.75) is 25.4 Å². The number of anilines is 1. The van der Waals surface area contributed by atoms with Crippen LogP contribution in [0, 0.1) is 0 Å². The summed E-state index contributed by atoms with van der Waals surface area (Å²) < 4.78 is 10.9. The third-order valence-corrected chi connectivity index (χ3v) is 3.46. The molecule has 2 aliphatic heterocycles. The minimum Gasteiger partial charge on any atom is -0.493 e. The van der Waals surface area contributed by atoms with Crippen molar-refractivity contribution in [3.05, 3.63) is 23.8 Å². The third kappa shape index (κ3) is 2.98. The maximum absolute atomic E-state index is 11.8. The Bertz CT molecular complexity index is 470. The molecule has 2 heterocycles. The predicted octanol–water partition coefficient (Wildman–Crippen LogP) is 1.92. The van der Waals surface area contributed by atoms with Crippen molar-refractivity contribution in [1.29, 1.82) is 0 Å². The molecule has 0 radical (unpaired) electrons. The lowest BCUT2D eigenvalue weighted by Gasteiger charge is -2.12. The third-order valence-electron chi connectivity index (χ3n) is 3.46. The van der Waals surface area contributed by atoms with Crippen LogP contribution in [0.25, 0.3) is 0 Å². The van der Waals surface area contributed by atoms with Crippen LogP contribution in [0.2, 0.25) is 0 Å². The van der Waals surface area contributed by atoms with Crippen molar-refractivity contribution in [1.82, 2.24) is 5.32 Å². The van der Waals surface area contributed by atoms with Gasteiger partial charge in [0.15, 0.2) is 0 Å². The highest BCUT2D eigenvalue weighted by Crippen LogP contribution is 2.27. The van der Waals surface area contributed by atoms with Crippen LogP contribution in [-0.4, -0.2) is 31.9 Å². The molecular formula is C14H18N2O3. The number of benzene rings is 1. The highest BCUT2D eigenvalue weighted by Gasteiger charge is 2.16. The zero-order valence-electron chi connectivity index (χ0n) is 10.8. The summed E-state index contributed by atoms with van der Waals surface area (Å²) in [5, 5.41) is 5.67. The first-order valence-electron chi connectivity index (χ1n) is 6.73. The molecule has 5 heteroatoms. The Hall–Kier alpha value is -1.75. The van der Waals surface area contributed by atoms with Crippen LogP contribution >= 0.6 is 0 Å². The number of carbonyl (C=O) groups is 1. The number of urea groups is 1. The molecule has 2 N–H and O–H groups in total. The van der Waals surface area contributed by atoms with Crippen LogP contribution < -0.4 is 15.4 Å². The van der Waals surface area contributed by atoms with Crippen molar-refractivity contribution in [3.8, 4) is 5.75 Å². The second-order valence-electron chi connectivity index (χ2n) is 4.89. The zero-order valence-corrected chi connectivity index (χ0v) is 10.8. The minimum absolute atomic E-state index is 0.166. The number of rotatable bonds is 3. The number of hydrogen-bond acceptors (Lipinski definition) is 3. The average Bonchev–Trinajstić information content (AvgIpc) is 3.07. The van der Waals surface area contributed by atoms with Gasteiger partial charge in [-0.05, 0) is 36.6 Å². The predicted molar refractivity (Wildman–Crippen MR) is 71.6 cm³/mol. The van der Waals surface area contributed by atoms with Gasteiger partial charge in [-0.15, -0.1) is 0 Å². The zero-order chi connectivity index (χ0) is 13.1. The van der Waals surface area contributed by atoms with E-state index in [0.717, 1.165) is 49.5 Å². The second kappa shape index (κ2) is 5.48. The van der Waals surface area contributed by atoms with E-state index in [1.54, 1.807) is 0 Å². The molecule has 1 fully saturated rings. The molecule has 0 saturated carbocycles. The van der Waals surface area contributed by atoms with Crippen molar-refractivity contribution in [2.24, 2.45) is 0 Å². The first kappa shape index (κ1) is 12.3. The number of nitrogens with one attached hydrogen (secondary N) is 2. The SMILES string of the molecule is O=C(NCC1CCCO1)Nc1ccc2c(c1)CCO2. The van der Waals surface area contributed by atoms with Gasteiger partial charge in [-0.25, -0.2) is 4.79 Å². The monoisotopic (exact) mass is 262 g/mol. The molecule has 0 bridgehead atoms. The molecule has 2 amide bonds. The highest BCUT2D eigenvalue weighted by molar-refractivity contribution is 5.89. The fourth-order valence-electron chi connectivity index (χ4n) is 2.45. The molecule has 102 valence electrons. The molecule has 5 nitrogen and oxygen atoms in total. The van der Waals surface area contributed by atoms with E-state index >= 15 is 0 Å². The Kier molecular flexibility index (Phi) is 3.55. The smallest absolute Gasteiger partial charge is 0.319 e. The molecule has 0 spiro atoms. The molecule has 0 aliphatic carbocycles. The molecule has 1 aromatic rings. The molecule has 19 heavy (non-hydrogen) atoms. The molecule has 1 atom stereocenters. The molecule has 1 saturated heterocycles. The van der Waals surface area contributed by atoms with Crippen molar-refractivity contribution in [3.63, 3.8) is 0 Å². The lowest BCUT2D eigenvalue weighted by Crippen LogP contribution is -2.35. The van der Waals surface area contributed by atoms with Gasteiger partial charge >= 0.3 is 6.03 Å². The van der Waals surface area contributed by atoms with E-state index in [-0.39, 0.29) is 12.1 Å². The summed E-state index contributed by atoms with van der Waals surface area (Å²) in [4.78, 5) is 11.8. The topological polar surface area (TPSA) is 59.6 Å². The molecule has 0 aromatic heterocycles. The molecule has 2 aliphatic rings. The Balaban J connectivity index is 1.51. The van der Waals surface area contributed by atoms with Crippen LogP contribution in [0.15, 0.2) is 18.2 Å². The van der Waals surface area contributed by atoms with Gasteiger partial charge in [0, 0.05) is 25.3 Å². The summed E-state index contributed by atoms with van der Waals surface area (Å²) in [6.45, 7) is 2.10. The average molecular weight is 262 g/mol. The van der Waals surface area contributed by atoms with Crippen LogP contribution in [0.5, 0.6) is 5.75 Å². The van der Waals surface area contributed by atoms with Crippen molar-refractivity contribution < 1.29 is 14.3 Å². The van der Waals surface area contributed by atoms with E-state index in [4.69, 9.17) is 9.47 Å². The van der Waals surface area contributed by atoms with Gasteiger partial charge in [-0.1, -0.05) is 0 Å². The Morgan fingerprint density at radius 1 is 1.37 bits per heavy atom. The van der Waals surface area contributed by atoms with Gasteiger partial charge in [-0.3, -0.25) is 0 Å². The number of hydrogen-bond donors (Lipinski definition) is 2. The second-order valence-corrected chi connectivity index (χ2v) is 4.89. The van der Waals surface area contributed by atoms with E-state index in [2.05, 4.69) is 10.6 Å². The van der Waals surface area contributed by atoms with Gasteiger partial charge in [-0.2, -0.15) is 0 Å². The summed E-state index contributed by atoms with van der Waals surface area (Å²) in [5.41, 5.74) is 1.95. The van der Waals surface area contributed by atoms with E-state index in [9.17, 15) is 4.79 Å². The van der Waals surface area contributed by atoms with Crippen molar-refractivity contribution >= 4 is 11.7 Å². The van der Waals surface area contributed by atoms with E-state index in [0.29, 0.717) is 6.54 Å². The summed E-state index contributed by atoms with van der Waals surface area (Å²) in [6.07, 6.45) is 3.18. The lowest BCUT2D eigenvalue weighted by molar-refractivity contribution is 0.112. The highest BCUT2D eigenvalue weighted by atomic mass is 16.5. The van der Waals surface area contributed by atoms with E-state index in [1.807, 2.05) is 18.2 Å². The molecule has 1 unspecified atom stereocenters. The first-order valence-corrected chi connectivity index (χ1v) is 6.73. The fourth-order valence-corrected chi connectivity index (χ4v) is 2.45. The van der Waals surface area contributed by atoms with Gasteiger partial charge in [0.2, 0.25) is 0 Å². The maximum atomic E-state index is 11.8. The summed E-state index contributed by atoms with van der Waals surface area (Å²) in [7, 11) is 0.